The van der Waals surface area contributed by atoms with Crippen LogP contribution in [0.25, 0.3) is 0 Å². The maximum Gasteiger partial charge on any atom is 0.241 e. The molecule has 0 heterocycles. The van der Waals surface area contributed by atoms with Crippen LogP contribution in [-0.2, 0) is 21.2 Å². The Morgan fingerprint density at radius 1 is 1.22 bits per heavy atom. The fourth-order valence-corrected chi connectivity index (χ4v) is 4.74. The van der Waals surface area contributed by atoms with Crippen LogP contribution in [0, 0.1) is 0 Å². The molecule has 7 heteroatoms. The van der Waals surface area contributed by atoms with E-state index >= 15 is 0 Å². The summed E-state index contributed by atoms with van der Waals surface area (Å²) in [5, 5.41) is 3.03. The number of hydrogen-bond donors (Lipinski definition) is 1. The standard InChI is InChI=1S/C20H24N2O3S2/c1-26-17-10-6-9-16(13-17)22(27(2,24)25)14-20(23)21-19-12-5-8-15-7-3-4-11-18(15)19/h3-4,6-7,9-11,13,19H,5,8,12,14H2,1-2H3,(H,21,23)/t19-/m1/s1. The van der Waals surface area contributed by atoms with Gasteiger partial charge in [0.05, 0.1) is 18.0 Å². The van der Waals surface area contributed by atoms with E-state index < -0.39 is 10.0 Å². The Bertz CT molecular complexity index is 928. The summed E-state index contributed by atoms with van der Waals surface area (Å²) in [5.74, 6) is -0.295. The molecule has 0 fully saturated rings. The van der Waals surface area contributed by atoms with Crippen LogP contribution >= 0.6 is 11.8 Å². The summed E-state index contributed by atoms with van der Waals surface area (Å²) < 4.78 is 25.8. The molecule has 0 aromatic heterocycles. The zero-order valence-corrected chi connectivity index (χ0v) is 17.1. The van der Waals surface area contributed by atoms with Crippen LogP contribution in [0.2, 0.25) is 0 Å². The Labute approximate surface area is 165 Å². The number of hydrogen-bond acceptors (Lipinski definition) is 4. The Balaban J connectivity index is 1.78. The molecule has 2 aromatic rings. The third-order valence-electron chi connectivity index (χ3n) is 4.73. The van der Waals surface area contributed by atoms with Crippen molar-refractivity contribution in [2.75, 3.05) is 23.4 Å². The second kappa shape index (κ2) is 8.35. The number of nitrogens with one attached hydrogen (secondary N) is 1. The number of sulfonamides is 1. The predicted molar refractivity (Wildman–Crippen MR) is 111 cm³/mol. The van der Waals surface area contributed by atoms with Crippen LogP contribution < -0.4 is 9.62 Å². The van der Waals surface area contributed by atoms with E-state index in [0.717, 1.165) is 40.3 Å². The van der Waals surface area contributed by atoms with Crippen molar-refractivity contribution >= 4 is 33.4 Å². The SMILES string of the molecule is CSc1cccc(N(CC(=O)N[C@@H]2CCCc3ccccc32)S(C)(=O)=O)c1. The van der Waals surface area contributed by atoms with E-state index in [1.807, 2.05) is 30.5 Å². The highest BCUT2D eigenvalue weighted by molar-refractivity contribution is 7.98. The van der Waals surface area contributed by atoms with Crippen LogP contribution in [0.4, 0.5) is 5.69 Å². The summed E-state index contributed by atoms with van der Waals surface area (Å²) in [4.78, 5) is 13.6. The van der Waals surface area contributed by atoms with Gasteiger partial charge in [0.25, 0.3) is 0 Å². The van der Waals surface area contributed by atoms with Crippen molar-refractivity contribution < 1.29 is 13.2 Å². The monoisotopic (exact) mass is 404 g/mol. The summed E-state index contributed by atoms with van der Waals surface area (Å²) in [7, 11) is -3.58. The summed E-state index contributed by atoms with van der Waals surface area (Å²) in [6.07, 6.45) is 5.94. The van der Waals surface area contributed by atoms with Gasteiger partial charge in [-0.1, -0.05) is 30.3 Å². The Hall–Kier alpha value is -1.99. The fraction of sp³-hybridized carbons (Fsp3) is 0.350. The zero-order valence-electron chi connectivity index (χ0n) is 15.5. The van der Waals surface area contributed by atoms with Gasteiger partial charge in [0.1, 0.15) is 6.54 Å². The van der Waals surface area contributed by atoms with Crippen molar-refractivity contribution in [3.63, 3.8) is 0 Å². The molecule has 0 unspecified atom stereocenters. The van der Waals surface area contributed by atoms with E-state index in [2.05, 4.69) is 11.4 Å². The lowest BCUT2D eigenvalue weighted by atomic mass is 9.88. The van der Waals surface area contributed by atoms with Crippen molar-refractivity contribution in [2.45, 2.75) is 30.2 Å². The van der Waals surface area contributed by atoms with E-state index in [9.17, 15) is 13.2 Å². The molecule has 0 radical (unpaired) electrons. The van der Waals surface area contributed by atoms with Gasteiger partial charge in [0.15, 0.2) is 0 Å². The van der Waals surface area contributed by atoms with Gasteiger partial charge in [-0.25, -0.2) is 8.42 Å². The van der Waals surface area contributed by atoms with E-state index in [-0.39, 0.29) is 18.5 Å². The van der Waals surface area contributed by atoms with Gasteiger partial charge < -0.3 is 5.32 Å². The highest BCUT2D eigenvalue weighted by Gasteiger charge is 2.25. The van der Waals surface area contributed by atoms with Gasteiger partial charge in [-0.15, -0.1) is 11.8 Å². The Morgan fingerprint density at radius 2 is 2.00 bits per heavy atom. The average molecular weight is 405 g/mol. The molecule has 0 saturated heterocycles. The second-order valence-corrected chi connectivity index (χ2v) is 9.47. The van der Waals surface area contributed by atoms with Gasteiger partial charge in [0.2, 0.25) is 15.9 Å². The molecule has 144 valence electrons. The average Bonchev–Trinajstić information content (AvgIpc) is 2.65. The van der Waals surface area contributed by atoms with E-state index in [1.165, 1.54) is 17.3 Å². The zero-order chi connectivity index (χ0) is 19.4. The fourth-order valence-electron chi connectivity index (χ4n) is 3.44. The Morgan fingerprint density at radius 3 is 2.74 bits per heavy atom. The van der Waals surface area contributed by atoms with Crippen LogP contribution in [0.3, 0.4) is 0 Å². The highest BCUT2D eigenvalue weighted by atomic mass is 32.2. The number of benzene rings is 2. The number of fused-ring (bicyclic) bond motifs is 1. The van der Waals surface area contributed by atoms with E-state index in [4.69, 9.17) is 0 Å². The highest BCUT2D eigenvalue weighted by Crippen LogP contribution is 2.29. The van der Waals surface area contributed by atoms with Crippen molar-refractivity contribution in [1.82, 2.24) is 5.32 Å². The van der Waals surface area contributed by atoms with Crippen molar-refractivity contribution in [1.29, 1.82) is 0 Å². The molecule has 0 bridgehead atoms. The minimum absolute atomic E-state index is 0.0682. The quantitative estimate of drug-likeness (QED) is 0.750. The number of carbonyl (C=O) groups is 1. The molecule has 0 saturated carbocycles. The third-order valence-corrected chi connectivity index (χ3v) is 6.60. The molecule has 1 N–H and O–H groups in total. The normalized spacial score (nSPS) is 16.4. The van der Waals surface area contributed by atoms with Crippen molar-refractivity contribution in [3.8, 4) is 0 Å². The van der Waals surface area contributed by atoms with Crippen LogP contribution in [0.1, 0.15) is 30.0 Å². The third kappa shape index (κ3) is 4.84. The Kier molecular flexibility index (Phi) is 6.11. The number of rotatable bonds is 6. The summed E-state index contributed by atoms with van der Waals surface area (Å²) >= 11 is 1.53. The maximum atomic E-state index is 12.7. The summed E-state index contributed by atoms with van der Waals surface area (Å²) in [6.45, 7) is -0.227. The number of amides is 1. The van der Waals surface area contributed by atoms with E-state index in [1.54, 1.807) is 18.2 Å². The summed E-state index contributed by atoms with van der Waals surface area (Å²) in [6, 6.07) is 15.2. The maximum absolute atomic E-state index is 12.7. The van der Waals surface area contributed by atoms with Gasteiger partial charge in [-0.3, -0.25) is 9.10 Å². The molecule has 5 nitrogen and oxygen atoms in total. The number of aryl methyl sites for hydroxylation is 1. The minimum atomic E-state index is -3.58. The van der Waals surface area contributed by atoms with Gasteiger partial charge in [0, 0.05) is 4.90 Å². The number of carbonyl (C=O) groups excluding carboxylic acids is 1. The first-order valence-electron chi connectivity index (χ1n) is 8.87. The molecular weight excluding hydrogens is 380 g/mol. The number of thioether (sulfide) groups is 1. The molecule has 1 aliphatic rings. The molecular formula is C20H24N2O3S2. The predicted octanol–water partition coefficient (Wildman–Crippen LogP) is 3.37. The largest absolute Gasteiger partial charge is 0.348 e. The molecule has 0 aliphatic heterocycles. The second-order valence-electron chi connectivity index (χ2n) is 6.68. The molecule has 2 aromatic carbocycles. The first-order chi connectivity index (χ1) is 12.9. The molecule has 3 rings (SSSR count). The van der Waals surface area contributed by atoms with Crippen molar-refractivity contribution in [3.05, 3.63) is 59.7 Å². The molecule has 0 spiro atoms. The minimum Gasteiger partial charge on any atom is -0.348 e. The van der Waals surface area contributed by atoms with Crippen LogP contribution in [-0.4, -0.2) is 33.4 Å². The number of nitrogens with zero attached hydrogens (tertiary/aromatic N) is 1. The first-order valence-corrected chi connectivity index (χ1v) is 11.9. The molecule has 1 amide bonds. The smallest absolute Gasteiger partial charge is 0.241 e. The molecule has 1 atom stereocenters. The number of anilines is 1. The van der Waals surface area contributed by atoms with Crippen LogP contribution in [0.5, 0.6) is 0 Å². The molecule has 27 heavy (non-hydrogen) atoms. The lowest BCUT2D eigenvalue weighted by molar-refractivity contribution is -0.120. The van der Waals surface area contributed by atoms with Crippen molar-refractivity contribution in [2.24, 2.45) is 0 Å². The van der Waals surface area contributed by atoms with E-state index in [0.29, 0.717) is 5.69 Å². The van der Waals surface area contributed by atoms with Gasteiger partial charge >= 0.3 is 0 Å². The summed E-state index contributed by atoms with van der Waals surface area (Å²) in [5.41, 5.74) is 2.89. The van der Waals surface area contributed by atoms with Crippen LogP contribution in [0.15, 0.2) is 53.4 Å². The van der Waals surface area contributed by atoms with Gasteiger partial charge in [-0.05, 0) is 54.8 Å². The molecule has 1 aliphatic carbocycles. The topological polar surface area (TPSA) is 66.5 Å². The van der Waals surface area contributed by atoms with Gasteiger partial charge in [-0.2, -0.15) is 0 Å². The first kappa shape index (κ1) is 19.8. The lowest BCUT2D eigenvalue weighted by Gasteiger charge is -2.28. The lowest BCUT2D eigenvalue weighted by Crippen LogP contribution is -2.42.